The summed E-state index contributed by atoms with van der Waals surface area (Å²) in [5, 5.41) is 34.4. The molecule has 5 heteroatoms. The van der Waals surface area contributed by atoms with Crippen LogP contribution in [0, 0.1) is 5.41 Å². The Labute approximate surface area is 74.6 Å². The number of hydrogen-bond donors (Lipinski definition) is 5. The zero-order chi connectivity index (χ0) is 10.0. The van der Waals surface area contributed by atoms with E-state index in [2.05, 4.69) is 0 Å². The van der Waals surface area contributed by atoms with Crippen molar-refractivity contribution in [3.8, 4) is 17.2 Å². The molecule has 0 heterocycles. The van der Waals surface area contributed by atoms with Gasteiger partial charge in [0.25, 0.3) is 0 Å². The van der Waals surface area contributed by atoms with Gasteiger partial charge in [-0.05, 0) is 0 Å². The summed E-state index contributed by atoms with van der Waals surface area (Å²) >= 11 is 0. The summed E-state index contributed by atoms with van der Waals surface area (Å²) in [6.07, 6.45) is -0.0437. The SMILES string of the molecule is N=C(N)Cc1c(O)cc(O)cc1O. The smallest absolute Gasteiger partial charge is 0.126 e. The van der Waals surface area contributed by atoms with Gasteiger partial charge in [0, 0.05) is 24.1 Å². The average Bonchev–Trinajstić information content (AvgIpc) is 1.96. The van der Waals surface area contributed by atoms with Crippen LogP contribution in [0.15, 0.2) is 12.1 Å². The Balaban J connectivity index is 3.13. The standard InChI is InChI=1S/C8H10N2O3/c9-8(10)3-5-6(12)1-4(11)2-7(5)13/h1-2,11-13H,3H2,(H3,9,10). The molecule has 0 spiro atoms. The molecule has 1 aromatic carbocycles. The van der Waals surface area contributed by atoms with Crippen molar-refractivity contribution in [2.75, 3.05) is 0 Å². The van der Waals surface area contributed by atoms with E-state index in [-0.39, 0.29) is 35.1 Å². The lowest BCUT2D eigenvalue weighted by molar-refractivity contribution is 0.421. The van der Waals surface area contributed by atoms with Crippen LogP contribution < -0.4 is 5.73 Å². The van der Waals surface area contributed by atoms with Gasteiger partial charge < -0.3 is 21.1 Å². The Kier molecular flexibility index (Phi) is 2.27. The molecule has 0 unspecified atom stereocenters. The fourth-order valence-electron chi connectivity index (χ4n) is 0.999. The van der Waals surface area contributed by atoms with Crippen LogP contribution in [0.25, 0.3) is 0 Å². The van der Waals surface area contributed by atoms with Crippen LogP contribution >= 0.6 is 0 Å². The first-order chi connectivity index (χ1) is 6.00. The maximum atomic E-state index is 9.25. The minimum Gasteiger partial charge on any atom is -0.508 e. The minimum atomic E-state index is -0.271. The molecule has 0 saturated carbocycles. The molecular formula is C8H10N2O3. The van der Waals surface area contributed by atoms with Crippen LogP contribution in [0.5, 0.6) is 17.2 Å². The first kappa shape index (κ1) is 9.18. The van der Waals surface area contributed by atoms with Gasteiger partial charge in [0.1, 0.15) is 17.2 Å². The van der Waals surface area contributed by atoms with Crippen molar-refractivity contribution in [3.63, 3.8) is 0 Å². The quantitative estimate of drug-likeness (QED) is 0.334. The summed E-state index contributed by atoms with van der Waals surface area (Å²) in [7, 11) is 0. The molecule has 0 aliphatic carbocycles. The van der Waals surface area contributed by atoms with Crippen LogP contribution in [0.4, 0.5) is 0 Å². The van der Waals surface area contributed by atoms with E-state index < -0.39 is 0 Å². The highest BCUT2D eigenvalue weighted by Crippen LogP contribution is 2.31. The number of rotatable bonds is 2. The molecule has 70 valence electrons. The van der Waals surface area contributed by atoms with Crippen LogP contribution in [0.2, 0.25) is 0 Å². The Morgan fingerprint density at radius 2 is 1.69 bits per heavy atom. The van der Waals surface area contributed by atoms with E-state index in [0.717, 1.165) is 12.1 Å². The van der Waals surface area contributed by atoms with Gasteiger partial charge in [-0.3, -0.25) is 5.41 Å². The van der Waals surface area contributed by atoms with Gasteiger partial charge >= 0.3 is 0 Å². The Morgan fingerprint density at radius 3 is 2.08 bits per heavy atom. The van der Waals surface area contributed by atoms with Crippen molar-refractivity contribution in [2.45, 2.75) is 6.42 Å². The summed E-state index contributed by atoms with van der Waals surface area (Å²) in [5.41, 5.74) is 5.24. The second-order valence-electron chi connectivity index (χ2n) is 2.66. The number of nitrogens with two attached hydrogens (primary N) is 1. The average molecular weight is 182 g/mol. The van der Waals surface area contributed by atoms with Gasteiger partial charge in [0.2, 0.25) is 0 Å². The highest BCUT2D eigenvalue weighted by Gasteiger charge is 2.10. The highest BCUT2D eigenvalue weighted by atomic mass is 16.3. The molecule has 0 atom stereocenters. The van der Waals surface area contributed by atoms with E-state index in [1.165, 1.54) is 0 Å². The molecule has 0 amide bonds. The fraction of sp³-hybridized carbons (Fsp3) is 0.125. The number of amidine groups is 1. The van der Waals surface area contributed by atoms with Gasteiger partial charge in [0.15, 0.2) is 0 Å². The largest absolute Gasteiger partial charge is 0.508 e. The van der Waals surface area contributed by atoms with Gasteiger partial charge in [0.05, 0.1) is 5.84 Å². The molecule has 1 rings (SSSR count). The summed E-state index contributed by atoms with van der Waals surface area (Å²) in [5.74, 6) is -0.945. The number of phenols is 3. The van der Waals surface area contributed by atoms with Crippen molar-refractivity contribution in [1.29, 1.82) is 5.41 Å². The second kappa shape index (κ2) is 3.22. The van der Waals surface area contributed by atoms with Gasteiger partial charge in [-0.1, -0.05) is 0 Å². The first-order valence-corrected chi connectivity index (χ1v) is 3.57. The summed E-state index contributed by atoms with van der Waals surface area (Å²) in [6.45, 7) is 0. The molecule has 0 aliphatic heterocycles. The molecule has 6 N–H and O–H groups in total. The lowest BCUT2D eigenvalue weighted by Crippen LogP contribution is -2.12. The third-order valence-electron chi connectivity index (χ3n) is 1.55. The molecule has 0 bridgehead atoms. The van der Waals surface area contributed by atoms with Crippen molar-refractivity contribution in [1.82, 2.24) is 0 Å². The molecular weight excluding hydrogens is 172 g/mol. The Hall–Kier alpha value is -1.91. The molecule has 0 saturated heterocycles. The predicted molar refractivity (Wildman–Crippen MR) is 47.1 cm³/mol. The number of phenolic OH excluding ortho intramolecular Hbond substituents is 3. The van der Waals surface area contributed by atoms with E-state index in [1.54, 1.807) is 0 Å². The molecule has 0 radical (unpaired) electrons. The van der Waals surface area contributed by atoms with E-state index in [9.17, 15) is 10.2 Å². The van der Waals surface area contributed by atoms with Crippen molar-refractivity contribution in [2.24, 2.45) is 5.73 Å². The third kappa shape index (κ3) is 2.02. The monoisotopic (exact) mass is 182 g/mol. The molecule has 0 fully saturated rings. The zero-order valence-electron chi connectivity index (χ0n) is 6.78. The summed E-state index contributed by atoms with van der Waals surface area (Å²) in [6, 6.07) is 2.16. The van der Waals surface area contributed by atoms with E-state index in [1.807, 2.05) is 0 Å². The van der Waals surface area contributed by atoms with Crippen LogP contribution in [0.3, 0.4) is 0 Å². The van der Waals surface area contributed by atoms with Gasteiger partial charge in [-0.15, -0.1) is 0 Å². The van der Waals surface area contributed by atoms with E-state index >= 15 is 0 Å². The molecule has 13 heavy (non-hydrogen) atoms. The predicted octanol–water partition coefficient (Wildman–Crippen LogP) is 0.282. The lowest BCUT2D eigenvalue weighted by atomic mass is 10.1. The molecule has 1 aromatic rings. The Morgan fingerprint density at radius 1 is 1.23 bits per heavy atom. The number of benzene rings is 1. The lowest BCUT2D eigenvalue weighted by Gasteiger charge is -2.06. The van der Waals surface area contributed by atoms with E-state index in [0.29, 0.717) is 0 Å². The fourth-order valence-corrected chi connectivity index (χ4v) is 0.999. The van der Waals surface area contributed by atoms with Crippen LogP contribution in [-0.4, -0.2) is 21.2 Å². The molecule has 0 aliphatic rings. The van der Waals surface area contributed by atoms with Crippen LogP contribution in [0.1, 0.15) is 5.56 Å². The Bertz CT molecular complexity index is 326. The van der Waals surface area contributed by atoms with Gasteiger partial charge in [-0.2, -0.15) is 0 Å². The maximum absolute atomic E-state index is 9.25. The maximum Gasteiger partial charge on any atom is 0.126 e. The zero-order valence-corrected chi connectivity index (χ0v) is 6.78. The summed E-state index contributed by atoms with van der Waals surface area (Å²) < 4.78 is 0. The van der Waals surface area contributed by atoms with E-state index in [4.69, 9.17) is 16.2 Å². The molecule has 5 nitrogen and oxygen atoms in total. The normalized spacial score (nSPS) is 9.85. The topological polar surface area (TPSA) is 111 Å². The number of aromatic hydroxyl groups is 3. The van der Waals surface area contributed by atoms with Crippen molar-refractivity contribution in [3.05, 3.63) is 17.7 Å². The number of nitrogens with one attached hydrogen (secondary N) is 1. The van der Waals surface area contributed by atoms with Gasteiger partial charge in [-0.25, -0.2) is 0 Å². The second-order valence-corrected chi connectivity index (χ2v) is 2.66. The number of hydrogen-bond acceptors (Lipinski definition) is 4. The summed E-state index contributed by atoms with van der Waals surface area (Å²) in [4.78, 5) is 0. The highest BCUT2D eigenvalue weighted by molar-refractivity contribution is 5.81. The van der Waals surface area contributed by atoms with Crippen molar-refractivity contribution < 1.29 is 15.3 Å². The third-order valence-corrected chi connectivity index (χ3v) is 1.55. The first-order valence-electron chi connectivity index (χ1n) is 3.57. The molecule has 0 aromatic heterocycles. The van der Waals surface area contributed by atoms with Crippen molar-refractivity contribution >= 4 is 5.84 Å². The van der Waals surface area contributed by atoms with Crippen LogP contribution in [-0.2, 0) is 6.42 Å². The minimum absolute atomic E-state index is 0.0437.